The molecule has 0 unspecified atom stereocenters. The van der Waals surface area contributed by atoms with Crippen LogP contribution in [0.4, 0.5) is 22.9 Å². The minimum absolute atomic E-state index is 0.215. The lowest BCUT2D eigenvalue weighted by atomic mass is 10.2. The number of pyridine rings is 1. The number of nitrogens with one attached hydrogen (secondary N) is 2. The van der Waals surface area contributed by atoms with Gasteiger partial charge in [-0.25, -0.2) is 15.0 Å². The van der Waals surface area contributed by atoms with E-state index < -0.39 is 0 Å². The highest BCUT2D eigenvalue weighted by Gasteiger charge is 2.21. The number of hydrogen-bond acceptors (Lipinski definition) is 9. The zero-order valence-corrected chi connectivity index (χ0v) is 20.5. The van der Waals surface area contributed by atoms with E-state index in [9.17, 15) is 0 Å². The Morgan fingerprint density at radius 2 is 2.06 bits per heavy atom. The summed E-state index contributed by atoms with van der Waals surface area (Å²) in [4.78, 5) is 18.4. The molecule has 10 nitrogen and oxygen atoms in total. The van der Waals surface area contributed by atoms with E-state index >= 15 is 0 Å². The van der Waals surface area contributed by atoms with Gasteiger partial charge in [-0.05, 0) is 44.4 Å². The highest BCUT2D eigenvalue weighted by atomic mass is 16.5. The van der Waals surface area contributed by atoms with Crippen LogP contribution in [0.15, 0.2) is 55.1 Å². The van der Waals surface area contributed by atoms with Gasteiger partial charge in [0.2, 0.25) is 5.88 Å². The summed E-state index contributed by atoms with van der Waals surface area (Å²) in [7, 11) is 4.16. The molecule has 3 aromatic heterocycles. The van der Waals surface area contributed by atoms with Crippen molar-refractivity contribution in [1.82, 2.24) is 24.3 Å². The maximum Gasteiger partial charge on any atom is 0.237 e. The third kappa shape index (κ3) is 4.65. The molecule has 0 bridgehead atoms. The molecule has 1 fully saturated rings. The number of likely N-dealkylation sites (N-methyl/N-ethyl adjacent to an activating group) is 1. The molecule has 0 aliphatic carbocycles. The highest BCUT2D eigenvalue weighted by Crippen LogP contribution is 2.31. The third-order valence-corrected chi connectivity index (χ3v) is 6.38. The third-order valence-electron chi connectivity index (χ3n) is 6.38. The Kier molecular flexibility index (Phi) is 6.04. The normalized spacial score (nSPS) is 17.5. The Hall–Kier alpha value is -3.89. The quantitative estimate of drug-likeness (QED) is 0.426. The number of ether oxygens (including phenoxy) is 2. The first-order chi connectivity index (χ1) is 17.6. The topological polar surface area (TPSA) is 92.1 Å². The van der Waals surface area contributed by atoms with E-state index in [0.29, 0.717) is 18.3 Å². The molecule has 0 saturated carbocycles. The molecule has 2 N–H and O–H groups in total. The number of rotatable bonds is 6. The van der Waals surface area contributed by atoms with Crippen molar-refractivity contribution in [3.8, 4) is 17.1 Å². The predicted octanol–water partition coefficient (Wildman–Crippen LogP) is 3.11. The van der Waals surface area contributed by atoms with Crippen LogP contribution < -0.4 is 20.3 Å². The van der Waals surface area contributed by atoms with Gasteiger partial charge in [0, 0.05) is 67.9 Å². The van der Waals surface area contributed by atoms with Gasteiger partial charge in [-0.15, -0.1) is 0 Å². The zero-order valence-electron chi connectivity index (χ0n) is 20.5. The van der Waals surface area contributed by atoms with Gasteiger partial charge in [-0.1, -0.05) is 0 Å². The molecule has 2 aliphatic heterocycles. The molecule has 0 radical (unpaired) electrons. The fraction of sp³-hybridized carbons (Fsp3) is 0.346. The van der Waals surface area contributed by atoms with Crippen LogP contribution in [0.3, 0.4) is 0 Å². The van der Waals surface area contributed by atoms with Crippen molar-refractivity contribution in [2.75, 3.05) is 69.0 Å². The van der Waals surface area contributed by atoms with Crippen LogP contribution in [0.2, 0.25) is 0 Å². The summed E-state index contributed by atoms with van der Waals surface area (Å²) in [5.74, 6) is 1.31. The van der Waals surface area contributed by atoms with E-state index in [1.807, 2.05) is 22.9 Å². The van der Waals surface area contributed by atoms with Gasteiger partial charge in [0.25, 0.3) is 0 Å². The SMILES string of the molecule is CN(C)C[C@@H]1CN(c2ccc(Nc3nc(-c4cnc5c(c4)NCCO5)cn4ccnc34)cc2)CCO1. The first-order valence-electron chi connectivity index (χ1n) is 12.2. The minimum Gasteiger partial charge on any atom is -0.474 e. The van der Waals surface area contributed by atoms with Gasteiger partial charge in [0.05, 0.1) is 24.1 Å². The molecule has 10 heteroatoms. The Balaban J connectivity index is 1.24. The fourth-order valence-corrected chi connectivity index (χ4v) is 4.69. The summed E-state index contributed by atoms with van der Waals surface area (Å²) >= 11 is 0. The van der Waals surface area contributed by atoms with Crippen LogP contribution in [-0.4, -0.2) is 83.8 Å². The van der Waals surface area contributed by atoms with Crippen LogP contribution in [-0.2, 0) is 4.74 Å². The number of hydrogen-bond donors (Lipinski definition) is 2. The predicted molar refractivity (Wildman–Crippen MR) is 140 cm³/mol. The Morgan fingerprint density at radius 3 is 2.92 bits per heavy atom. The monoisotopic (exact) mass is 486 g/mol. The molecule has 0 amide bonds. The van der Waals surface area contributed by atoms with Crippen molar-refractivity contribution in [2.45, 2.75) is 6.10 Å². The molecule has 0 spiro atoms. The summed E-state index contributed by atoms with van der Waals surface area (Å²) in [5, 5.41) is 6.80. The standard InChI is InChI=1S/C26H30N8O2/c1-32(2)15-21-16-33(10-12-35-21)20-5-3-19(4-6-20)30-24-25-28-7-9-34(25)17-23(31-24)18-13-22-26(29-14-18)36-11-8-27-22/h3-7,9,13-14,17,21,27H,8,10-12,15-16H2,1-2H3,(H,30,31)/t21-/m1/s1. The molecule has 186 valence electrons. The molecular weight excluding hydrogens is 456 g/mol. The van der Waals surface area contributed by atoms with Crippen molar-refractivity contribution < 1.29 is 9.47 Å². The van der Waals surface area contributed by atoms with Crippen molar-refractivity contribution in [2.24, 2.45) is 0 Å². The van der Waals surface area contributed by atoms with E-state index in [1.165, 1.54) is 5.69 Å². The Labute approximate surface area is 209 Å². The van der Waals surface area contributed by atoms with Crippen molar-refractivity contribution >= 4 is 28.5 Å². The van der Waals surface area contributed by atoms with Crippen LogP contribution >= 0.6 is 0 Å². The summed E-state index contributed by atoms with van der Waals surface area (Å²) in [6.07, 6.45) is 7.67. The smallest absolute Gasteiger partial charge is 0.237 e. The van der Waals surface area contributed by atoms with E-state index in [0.717, 1.165) is 61.1 Å². The van der Waals surface area contributed by atoms with E-state index in [2.05, 4.69) is 68.8 Å². The van der Waals surface area contributed by atoms with Crippen molar-refractivity contribution in [3.63, 3.8) is 0 Å². The van der Waals surface area contributed by atoms with Gasteiger partial charge in [-0.3, -0.25) is 0 Å². The molecule has 5 heterocycles. The lowest BCUT2D eigenvalue weighted by Crippen LogP contribution is -2.46. The molecule has 1 saturated heterocycles. The average Bonchev–Trinajstić information content (AvgIpc) is 3.38. The molecule has 36 heavy (non-hydrogen) atoms. The van der Waals surface area contributed by atoms with Gasteiger partial charge < -0.3 is 34.3 Å². The largest absolute Gasteiger partial charge is 0.474 e. The number of morpholine rings is 1. The number of nitrogens with zero attached hydrogens (tertiary/aromatic N) is 6. The summed E-state index contributed by atoms with van der Waals surface area (Å²) in [5.41, 5.74) is 5.48. The van der Waals surface area contributed by atoms with E-state index in [1.54, 1.807) is 12.4 Å². The average molecular weight is 487 g/mol. The van der Waals surface area contributed by atoms with Crippen LogP contribution in [0.5, 0.6) is 5.88 Å². The summed E-state index contributed by atoms with van der Waals surface area (Å²) in [6.45, 7) is 4.82. The molecular formula is C26H30N8O2. The Morgan fingerprint density at radius 1 is 1.17 bits per heavy atom. The van der Waals surface area contributed by atoms with Crippen molar-refractivity contribution in [1.29, 1.82) is 0 Å². The highest BCUT2D eigenvalue weighted by molar-refractivity contribution is 5.75. The van der Waals surface area contributed by atoms with Crippen LogP contribution in [0, 0.1) is 0 Å². The number of fused-ring (bicyclic) bond motifs is 2. The van der Waals surface area contributed by atoms with Gasteiger partial charge >= 0.3 is 0 Å². The summed E-state index contributed by atoms with van der Waals surface area (Å²) < 4.78 is 13.5. The van der Waals surface area contributed by atoms with E-state index in [-0.39, 0.29) is 6.10 Å². The second kappa shape index (κ2) is 9.63. The number of benzene rings is 1. The number of aromatic nitrogens is 4. The van der Waals surface area contributed by atoms with Crippen LogP contribution in [0.25, 0.3) is 16.9 Å². The molecule has 6 rings (SSSR count). The molecule has 1 atom stereocenters. The zero-order chi connectivity index (χ0) is 24.5. The van der Waals surface area contributed by atoms with Crippen molar-refractivity contribution in [3.05, 3.63) is 55.1 Å². The van der Waals surface area contributed by atoms with Gasteiger partial charge in [0.15, 0.2) is 11.5 Å². The summed E-state index contributed by atoms with van der Waals surface area (Å²) in [6, 6.07) is 10.5. The second-order valence-corrected chi connectivity index (χ2v) is 9.36. The maximum absolute atomic E-state index is 5.93. The second-order valence-electron chi connectivity index (χ2n) is 9.36. The lowest BCUT2D eigenvalue weighted by Gasteiger charge is -2.35. The van der Waals surface area contributed by atoms with E-state index in [4.69, 9.17) is 14.5 Å². The fourth-order valence-electron chi connectivity index (χ4n) is 4.69. The maximum atomic E-state index is 5.93. The number of imidazole rings is 1. The van der Waals surface area contributed by atoms with Gasteiger partial charge in [-0.2, -0.15) is 0 Å². The first kappa shape index (κ1) is 22.6. The minimum atomic E-state index is 0.215. The lowest BCUT2D eigenvalue weighted by molar-refractivity contribution is 0.0248. The first-order valence-corrected chi connectivity index (χ1v) is 12.2. The molecule has 4 aromatic rings. The molecule has 1 aromatic carbocycles. The Bertz CT molecular complexity index is 1350. The van der Waals surface area contributed by atoms with Crippen LogP contribution in [0.1, 0.15) is 0 Å². The number of anilines is 4. The van der Waals surface area contributed by atoms with Gasteiger partial charge in [0.1, 0.15) is 6.61 Å². The molecule has 2 aliphatic rings.